The first-order valence-corrected chi connectivity index (χ1v) is 8.33. The number of halogens is 3. The van der Waals surface area contributed by atoms with Gasteiger partial charge in [-0.1, -0.05) is 25.0 Å². The molecule has 24 heavy (non-hydrogen) atoms. The molecule has 0 bridgehead atoms. The first-order valence-electron chi connectivity index (χ1n) is 8.33. The van der Waals surface area contributed by atoms with Gasteiger partial charge in [-0.15, -0.1) is 0 Å². The Balaban J connectivity index is 1.70. The number of hydrogen-bond acceptors (Lipinski definition) is 3. The third kappa shape index (κ3) is 3.57. The molecule has 2 saturated heterocycles. The highest BCUT2D eigenvalue weighted by Gasteiger charge is 2.43. The minimum atomic E-state index is -4.48. The van der Waals surface area contributed by atoms with E-state index < -0.39 is 11.7 Å². The van der Waals surface area contributed by atoms with Gasteiger partial charge in [0.2, 0.25) is 5.91 Å². The van der Waals surface area contributed by atoms with E-state index >= 15 is 0 Å². The summed E-state index contributed by atoms with van der Waals surface area (Å²) in [5.41, 5.74) is -0.989. The Morgan fingerprint density at radius 3 is 2.62 bits per heavy atom. The van der Waals surface area contributed by atoms with Gasteiger partial charge >= 0.3 is 6.18 Å². The van der Waals surface area contributed by atoms with Crippen molar-refractivity contribution in [3.8, 4) is 0 Å². The van der Waals surface area contributed by atoms with Crippen LogP contribution in [0.5, 0.6) is 0 Å². The van der Waals surface area contributed by atoms with Crippen molar-refractivity contribution in [1.29, 1.82) is 0 Å². The maximum Gasteiger partial charge on any atom is 0.418 e. The fourth-order valence-electron chi connectivity index (χ4n) is 3.59. The summed E-state index contributed by atoms with van der Waals surface area (Å²) >= 11 is 0. The smallest absolute Gasteiger partial charge is 0.324 e. The van der Waals surface area contributed by atoms with Crippen LogP contribution in [0, 0.1) is 0 Å². The Labute approximate surface area is 139 Å². The zero-order valence-electron chi connectivity index (χ0n) is 13.5. The molecular weight excluding hydrogens is 319 g/mol. The quantitative estimate of drug-likeness (QED) is 0.889. The monoisotopic (exact) mass is 341 g/mol. The summed E-state index contributed by atoms with van der Waals surface area (Å²) in [5, 5.41) is 5.71. The summed E-state index contributed by atoms with van der Waals surface area (Å²) in [7, 11) is 0. The highest BCUT2D eigenvalue weighted by Crippen LogP contribution is 2.35. The lowest BCUT2D eigenvalue weighted by molar-refractivity contribution is -0.137. The van der Waals surface area contributed by atoms with Crippen molar-refractivity contribution in [2.24, 2.45) is 0 Å². The molecule has 132 valence electrons. The zero-order valence-corrected chi connectivity index (χ0v) is 13.5. The number of anilines is 1. The Kier molecular flexibility index (Phi) is 4.83. The van der Waals surface area contributed by atoms with E-state index in [9.17, 15) is 18.0 Å². The predicted molar refractivity (Wildman–Crippen MR) is 85.7 cm³/mol. The van der Waals surface area contributed by atoms with Gasteiger partial charge in [0, 0.05) is 18.6 Å². The molecule has 0 radical (unpaired) electrons. The van der Waals surface area contributed by atoms with Crippen molar-refractivity contribution >= 4 is 11.6 Å². The summed E-state index contributed by atoms with van der Waals surface area (Å²) in [6, 6.07) is 5.10. The van der Waals surface area contributed by atoms with Crippen LogP contribution in [0.15, 0.2) is 24.3 Å². The van der Waals surface area contributed by atoms with Crippen LogP contribution in [0.1, 0.15) is 31.2 Å². The van der Waals surface area contributed by atoms with Crippen molar-refractivity contribution < 1.29 is 18.0 Å². The van der Waals surface area contributed by atoms with Gasteiger partial charge < -0.3 is 10.6 Å². The third-order valence-corrected chi connectivity index (χ3v) is 4.99. The van der Waals surface area contributed by atoms with E-state index in [1.165, 1.54) is 18.2 Å². The molecule has 3 rings (SSSR count). The van der Waals surface area contributed by atoms with Crippen molar-refractivity contribution in [3.63, 3.8) is 0 Å². The van der Waals surface area contributed by atoms with Crippen LogP contribution >= 0.6 is 0 Å². The second-order valence-corrected chi connectivity index (χ2v) is 6.65. The molecule has 4 nitrogen and oxygen atoms in total. The normalized spacial score (nSPS) is 21.1. The molecule has 7 heteroatoms. The summed E-state index contributed by atoms with van der Waals surface area (Å²) in [6.07, 6.45) is -0.153. The molecule has 1 amide bonds. The summed E-state index contributed by atoms with van der Waals surface area (Å²) in [5.74, 6) is -0.389. The average Bonchev–Trinajstić information content (AvgIpc) is 2.68. The highest BCUT2D eigenvalue weighted by atomic mass is 19.4. The molecule has 2 fully saturated rings. The van der Waals surface area contributed by atoms with Crippen LogP contribution in [-0.4, -0.2) is 42.5 Å². The molecule has 2 N–H and O–H groups in total. The maximum atomic E-state index is 13.0. The number of carbonyl (C=O) groups excluding carboxylic acids is 1. The van der Waals surface area contributed by atoms with Crippen LogP contribution in [-0.2, 0) is 11.0 Å². The Bertz CT molecular complexity index is 599. The molecule has 2 aliphatic rings. The number of benzene rings is 1. The third-order valence-electron chi connectivity index (χ3n) is 4.99. The van der Waals surface area contributed by atoms with Gasteiger partial charge in [-0.2, -0.15) is 13.2 Å². The van der Waals surface area contributed by atoms with E-state index in [2.05, 4.69) is 15.5 Å². The lowest BCUT2D eigenvalue weighted by atomic mass is 9.85. The topological polar surface area (TPSA) is 44.4 Å². The van der Waals surface area contributed by atoms with Crippen LogP contribution in [0.4, 0.5) is 18.9 Å². The largest absolute Gasteiger partial charge is 0.418 e. The Hall–Kier alpha value is -1.60. The van der Waals surface area contributed by atoms with E-state index in [0.29, 0.717) is 0 Å². The van der Waals surface area contributed by atoms with Crippen molar-refractivity contribution in [2.75, 3.05) is 31.5 Å². The predicted octanol–water partition coefficient (Wildman–Crippen LogP) is 2.86. The molecule has 1 spiro atoms. The number of hydrogen-bond donors (Lipinski definition) is 2. The molecule has 2 aliphatic heterocycles. The van der Waals surface area contributed by atoms with E-state index in [4.69, 9.17) is 0 Å². The molecule has 0 aliphatic carbocycles. The number of nitrogens with zero attached hydrogens (tertiary/aromatic N) is 1. The zero-order chi connectivity index (χ0) is 17.2. The number of nitrogens with one attached hydrogen (secondary N) is 2. The lowest BCUT2D eigenvalue weighted by Gasteiger charge is -2.50. The second kappa shape index (κ2) is 6.72. The number of amides is 1. The SMILES string of the molecule is O=C(CN1CCCCCC12CNC2)Nc1ccccc1C(F)(F)F. The maximum absolute atomic E-state index is 13.0. The van der Waals surface area contributed by atoms with Crippen molar-refractivity contribution in [2.45, 2.75) is 37.4 Å². The molecule has 1 aromatic rings. The standard InChI is InChI=1S/C17H22F3N3O/c18-17(19,20)13-6-2-3-7-14(13)22-15(24)10-23-9-5-1-4-8-16(23)11-21-12-16/h2-3,6-7,21H,1,4-5,8-12H2,(H,22,24). The number of carbonyl (C=O) groups is 1. The Morgan fingerprint density at radius 2 is 1.96 bits per heavy atom. The van der Waals surface area contributed by atoms with Crippen LogP contribution in [0.25, 0.3) is 0 Å². The van der Waals surface area contributed by atoms with Crippen LogP contribution < -0.4 is 10.6 Å². The van der Waals surface area contributed by atoms with E-state index in [1.54, 1.807) is 0 Å². The first kappa shape index (κ1) is 17.2. The van der Waals surface area contributed by atoms with Crippen LogP contribution in [0.2, 0.25) is 0 Å². The number of likely N-dealkylation sites (tertiary alicyclic amines) is 1. The van der Waals surface area contributed by atoms with E-state index in [1.807, 2.05) is 0 Å². The summed E-state index contributed by atoms with van der Waals surface area (Å²) in [4.78, 5) is 14.5. The molecular formula is C17H22F3N3O. The number of rotatable bonds is 3. The summed E-state index contributed by atoms with van der Waals surface area (Å²) < 4.78 is 39.1. The number of para-hydroxylation sites is 1. The second-order valence-electron chi connectivity index (χ2n) is 6.65. The van der Waals surface area contributed by atoms with Gasteiger partial charge in [0.25, 0.3) is 0 Å². The molecule has 2 heterocycles. The fraction of sp³-hybridized carbons (Fsp3) is 0.588. The molecule has 0 unspecified atom stereocenters. The van der Waals surface area contributed by atoms with Gasteiger partial charge in [0.1, 0.15) is 0 Å². The molecule has 1 aromatic carbocycles. The van der Waals surface area contributed by atoms with Gasteiger partial charge in [0.15, 0.2) is 0 Å². The number of alkyl halides is 3. The van der Waals surface area contributed by atoms with Gasteiger partial charge in [-0.05, 0) is 31.5 Å². The van der Waals surface area contributed by atoms with Crippen LogP contribution in [0.3, 0.4) is 0 Å². The minimum absolute atomic E-state index is 0.00259. The highest BCUT2D eigenvalue weighted by molar-refractivity contribution is 5.93. The Morgan fingerprint density at radius 1 is 1.21 bits per heavy atom. The minimum Gasteiger partial charge on any atom is -0.324 e. The molecule has 0 aromatic heterocycles. The van der Waals surface area contributed by atoms with Gasteiger partial charge in [-0.25, -0.2) is 0 Å². The lowest BCUT2D eigenvalue weighted by Crippen LogP contribution is -2.69. The summed E-state index contributed by atoms with van der Waals surface area (Å²) in [6.45, 7) is 2.64. The molecule has 0 saturated carbocycles. The fourth-order valence-corrected chi connectivity index (χ4v) is 3.59. The molecule has 0 atom stereocenters. The van der Waals surface area contributed by atoms with Gasteiger partial charge in [-0.3, -0.25) is 9.69 Å². The first-order chi connectivity index (χ1) is 11.4. The van der Waals surface area contributed by atoms with Gasteiger partial charge in [0.05, 0.1) is 17.8 Å². The van der Waals surface area contributed by atoms with Crippen molar-refractivity contribution in [1.82, 2.24) is 10.2 Å². The van der Waals surface area contributed by atoms with E-state index in [-0.39, 0.29) is 23.7 Å². The average molecular weight is 341 g/mol. The van der Waals surface area contributed by atoms with Crippen molar-refractivity contribution in [3.05, 3.63) is 29.8 Å². The van der Waals surface area contributed by atoms with E-state index in [0.717, 1.165) is 51.4 Å².